The molecule has 0 radical (unpaired) electrons. The molecule has 1 fully saturated rings. The predicted octanol–water partition coefficient (Wildman–Crippen LogP) is 2.75. The summed E-state index contributed by atoms with van der Waals surface area (Å²) in [5.41, 5.74) is 0.685. The van der Waals surface area contributed by atoms with E-state index < -0.39 is 25.8 Å². The van der Waals surface area contributed by atoms with E-state index in [4.69, 9.17) is 4.74 Å². The number of ether oxygens (including phenoxy) is 1. The summed E-state index contributed by atoms with van der Waals surface area (Å²) in [4.78, 5) is 17.2. The van der Waals surface area contributed by atoms with E-state index in [-0.39, 0.29) is 26.2 Å². The molecule has 170 valence electrons. The number of sulfonamides is 1. The van der Waals surface area contributed by atoms with E-state index in [2.05, 4.69) is 10.3 Å². The Kier molecular flexibility index (Phi) is 5.96. The van der Waals surface area contributed by atoms with Gasteiger partial charge in [-0.1, -0.05) is 11.3 Å². The molecule has 2 heterocycles. The van der Waals surface area contributed by atoms with Gasteiger partial charge in [0.15, 0.2) is 15.0 Å². The lowest BCUT2D eigenvalue weighted by atomic mass is 10.2. The number of carbonyl (C=O) groups is 1. The average Bonchev–Trinajstić information content (AvgIpc) is 3.42. The lowest BCUT2D eigenvalue weighted by molar-refractivity contribution is 0.102. The number of amides is 1. The van der Waals surface area contributed by atoms with Crippen molar-refractivity contribution in [2.24, 2.45) is 0 Å². The highest BCUT2D eigenvalue weighted by atomic mass is 32.2. The molecule has 0 spiro atoms. The number of hydrogen-bond acceptors (Lipinski definition) is 8. The van der Waals surface area contributed by atoms with E-state index in [0.29, 0.717) is 23.3 Å². The number of aromatic nitrogens is 1. The van der Waals surface area contributed by atoms with Crippen LogP contribution in [0, 0.1) is 0 Å². The van der Waals surface area contributed by atoms with Gasteiger partial charge in [0.1, 0.15) is 10.6 Å². The molecule has 1 aliphatic heterocycles. The summed E-state index contributed by atoms with van der Waals surface area (Å²) in [7, 11) is -5.78. The van der Waals surface area contributed by atoms with Crippen LogP contribution in [-0.4, -0.2) is 58.5 Å². The number of thiazole rings is 1. The van der Waals surface area contributed by atoms with Crippen LogP contribution in [-0.2, 0) is 19.9 Å². The molecule has 0 aliphatic carbocycles. The number of benzene rings is 2. The van der Waals surface area contributed by atoms with Crippen LogP contribution < -0.4 is 10.1 Å². The van der Waals surface area contributed by atoms with Crippen LogP contribution in [0.5, 0.6) is 5.75 Å². The zero-order chi connectivity index (χ0) is 23.1. The zero-order valence-corrected chi connectivity index (χ0v) is 19.8. The zero-order valence-electron chi connectivity index (χ0n) is 17.4. The molecule has 1 N–H and O–H groups in total. The lowest BCUT2D eigenvalue weighted by Gasteiger charge is -2.18. The first-order valence-corrected chi connectivity index (χ1v) is 13.8. The molecule has 0 atom stereocenters. The number of nitrogens with zero attached hydrogens (tertiary/aromatic N) is 2. The first-order valence-electron chi connectivity index (χ1n) is 9.70. The van der Waals surface area contributed by atoms with E-state index in [1.807, 2.05) is 0 Å². The van der Waals surface area contributed by atoms with E-state index in [1.54, 1.807) is 6.07 Å². The van der Waals surface area contributed by atoms with Crippen molar-refractivity contribution in [3.8, 4) is 5.75 Å². The maximum Gasteiger partial charge on any atom is 0.257 e. The fourth-order valence-corrected chi connectivity index (χ4v) is 6.77. The standard InChI is InChI=1S/C20H21N3O6S3/c1-29-16-8-5-13(11-18(16)32(27,28)23-9-3-4-10-23)19(24)22-20-21-15-7-6-14(31(2,25)26)12-17(15)30-20/h5-8,11-12H,3-4,9-10H2,1-2H3,(H,21,22,24). The minimum absolute atomic E-state index is 0.0587. The highest BCUT2D eigenvalue weighted by Gasteiger charge is 2.30. The molecule has 0 saturated carbocycles. The summed E-state index contributed by atoms with van der Waals surface area (Å²) < 4.78 is 56.8. The number of nitrogens with one attached hydrogen (secondary N) is 1. The van der Waals surface area contributed by atoms with Gasteiger partial charge >= 0.3 is 0 Å². The Morgan fingerprint density at radius 1 is 1.09 bits per heavy atom. The SMILES string of the molecule is COc1ccc(C(=O)Nc2nc3ccc(S(C)(=O)=O)cc3s2)cc1S(=O)(=O)N1CCCC1. The van der Waals surface area contributed by atoms with Gasteiger partial charge in [-0.15, -0.1) is 0 Å². The van der Waals surface area contributed by atoms with Gasteiger partial charge in [0.2, 0.25) is 10.0 Å². The number of carbonyl (C=O) groups excluding carboxylic acids is 1. The highest BCUT2D eigenvalue weighted by molar-refractivity contribution is 7.90. The molecule has 3 aromatic rings. The maximum absolute atomic E-state index is 13.0. The molecule has 32 heavy (non-hydrogen) atoms. The quantitative estimate of drug-likeness (QED) is 0.558. The van der Waals surface area contributed by atoms with Gasteiger partial charge in [-0.25, -0.2) is 21.8 Å². The van der Waals surface area contributed by atoms with E-state index in [9.17, 15) is 21.6 Å². The van der Waals surface area contributed by atoms with Crippen molar-refractivity contribution >= 4 is 52.5 Å². The van der Waals surface area contributed by atoms with Crippen LogP contribution >= 0.6 is 11.3 Å². The van der Waals surface area contributed by atoms with Gasteiger partial charge in [-0.05, 0) is 49.2 Å². The second-order valence-electron chi connectivity index (χ2n) is 7.35. The molecular formula is C20H21N3O6S3. The Bertz CT molecular complexity index is 1410. The Morgan fingerprint density at radius 2 is 1.81 bits per heavy atom. The van der Waals surface area contributed by atoms with Crippen molar-refractivity contribution in [3.05, 3.63) is 42.0 Å². The molecule has 4 rings (SSSR count). The smallest absolute Gasteiger partial charge is 0.257 e. The van der Waals surface area contributed by atoms with Gasteiger partial charge in [0, 0.05) is 24.9 Å². The Labute approximate surface area is 190 Å². The number of sulfone groups is 1. The van der Waals surface area contributed by atoms with Crippen molar-refractivity contribution in [2.45, 2.75) is 22.6 Å². The van der Waals surface area contributed by atoms with Gasteiger partial charge in [0.05, 0.1) is 22.2 Å². The highest BCUT2D eigenvalue weighted by Crippen LogP contribution is 2.31. The summed E-state index contributed by atoms with van der Waals surface area (Å²) >= 11 is 1.13. The number of hydrogen-bond donors (Lipinski definition) is 1. The topological polar surface area (TPSA) is 123 Å². The summed E-state index contributed by atoms with van der Waals surface area (Å²) in [5, 5.41) is 2.93. The molecule has 12 heteroatoms. The minimum atomic E-state index is -3.79. The first-order chi connectivity index (χ1) is 15.1. The molecule has 1 saturated heterocycles. The van der Waals surface area contributed by atoms with Crippen molar-refractivity contribution in [2.75, 3.05) is 31.8 Å². The fourth-order valence-electron chi connectivity index (χ4n) is 3.45. The predicted molar refractivity (Wildman–Crippen MR) is 122 cm³/mol. The molecule has 1 aliphatic rings. The Hall–Kier alpha value is -2.54. The Morgan fingerprint density at radius 3 is 2.47 bits per heavy atom. The third kappa shape index (κ3) is 4.35. The lowest BCUT2D eigenvalue weighted by Crippen LogP contribution is -2.28. The summed E-state index contributed by atoms with van der Waals surface area (Å²) in [5.74, 6) is -0.366. The molecule has 9 nitrogen and oxygen atoms in total. The number of methoxy groups -OCH3 is 1. The number of anilines is 1. The third-order valence-corrected chi connectivity index (χ3v) is 9.08. The molecular weight excluding hydrogens is 474 g/mol. The van der Waals surface area contributed by atoms with Gasteiger partial charge in [0.25, 0.3) is 5.91 Å². The number of rotatable bonds is 6. The van der Waals surface area contributed by atoms with Crippen LogP contribution in [0.3, 0.4) is 0 Å². The Balaban J connectivity index is 1.64. The summed E-state index contributed by atoms with van der Waals surface area (Å²) in [6.45, 7) is 0.867. The van der Waals surface area contributed by atoms with Crippen LogP contribution in [0.25, 0.3) is 10.2 Å². The average molecular weight is 496 g/mol. The molecule has 1 aromatic heterocycles. The normalized spacial score (nSPS) is 15.2. The van der Waals surface area contributed by atoms with Crippen LogP contribution in [0.1, 0.15) is 23.2 Å². The largest absolute Gasteiger partial charge is 0.495 e. The minimum Gasteiger partial charge on any atom is -0.495 e. The monoisotopic (exact) mass is 495 g/mol. The maximum atomic E-state index is 13.0. The van der Waals surface area contributed by atoms with Crippen molar-refractivity contribution < 1.29 is 26.4 Å². The van der Waals surface area contributed by atoms with Crippen molar-refractivity contribution in [1.82, 2.24) is 9.29 Å². The first kappa shape index (κ1) is 22.6. The third-order valence-electron chi connectivity index (χ3n) is 5.12. The van der Waals surface area contributed by atoms with E-state index in [1.165, 1.54) is 41.7 Å². The molecule has 1 amide bonds. The summed E-state index contributed by atoms with van der Waals surface area (Å²) in [6.07, 6.45) is 2.70. The van der Waals surface area contributed by atoms with Crippen LogP contribution in [0.15, 0.2) is 46.2 Å². The second-order valence-corrected chi connectivity index (χ2v) is 12.3. The van der Waals surface area contributed by atoms with Gasteiger partial charge in [-0.2, -0.15) is 4.31 Å². The summed E-state index contributed by atoms with van der Waals surface area (Å²) in [6, 6.07) is 8.78. The van der Waals surface area contributed by atoms with E-state index >= 15 is 0 Å². The molecule has 2 aromatic carbocycles. The van der Waals surface area contributed by atoms with Crippen molar-refractivity contribution in [3.63, 3.8) is 0 Å². The second kappa shape index (κ2) is 8.43. The van der Waals surface area contributed by atoms with Crippen molar-refractivity contribution in [1.29, 1.82) is 0 Å². The van der Waals surface area contributed by atoms with Gasteiger partial charge in [-0.3, -0.25) is 10.1 Å². The van der Waals surface area contributed by atoms with Gasteiger partial charge < -0.3 is 4.74 Å². The van der Waals surface area contributed by atoms with Crippen LogP contribution in [0.2, 0.25) is 0 Å². The van der Waals surface area contributed by atoms with E-state index in [0.717, 1.165) is 30.4 Å². The fraction of sp³-hybridized carbons (Fsp3) is 0.300. The molecule has 0 unspecified atom stereocenters. The molecule has 0 bridgehead atoms. The number of fused-ring (bicyclic) bond motifs is 1. The van der Waals surface area contributed by atoms with Crippen LogP contribution in [0.4, 0.5) is 5.13 Å².